The number of carbonyl (C=O) groups excluding carboxylic acids is 1. The molecule has 1 amide bonds. The molecule has 1 aromatic carbocycles. The zero-order valence-electron chi connectivity index (χ0n) is 15.4. The van der Waals surface area contributed by atoms with Crippen molar-refractivity contribution in [2.75, 3.05) is 6.54 Å². The van der Waals surface area contributed by atoms with Crippen molar-refractivity contribution in [1.29, 1.82) is 0 Å². The molecular weight excluding hydrogens is 303 g/mol. The third-order valence-corrected chi connectivity index (χ3v) is 5.00. The van der Waals surface area contributed by atoms with Crippen molar-refractivity contribution in [2.24, 2.45) is 5.92 Å². The van der Waals surface area contributed by atoms with Crippen LogP contribution >= 0.6 is 0 Å². The molecule has 1 fully saturated rings. The monoisotopic (exact) mass is 334 g/mol. The summed E-state index contributed by atoms with van der Waals surface area (Å²) in [6.07, 6.45) is 4.91. The molecule has 1 aliphatic carbocycles. The lowest BCUT2D eigenvalue weighted by Gasteiger charge is -2.33. The van der Waals surface area contributed by atoms with Gasteiger partial charge < -0.3 is 5.32 Å². The lowest BCUT2D eigenvalue weighted by Crippen LogP contribution is -2.46. The van der Waals surface area contributed by atoms with Gasteiger partial charge in [-0.1, -0.05) is 38.8 Å². The summed E-state index contributed by atoms with van der Waals surface area (Å²) in [6, 6.07) is 7.23. The van der Waals surface area contributed by atoms with E-state index in [2.05, 4.69) is 37.9 Å². The highest BCUT2D eigenvalue weighted by molar-refractivity contribution is 5.78. The lowest BCUT2D eigenvalue weighted by atomic mass is 9.96. The van der Waals surface area contributed by atoms with Gasteiger partial charge in [-0.05, 0) is 50.3 Å². The second kappa shape index (κ2) is 8.61. The fourth-order valence-electron chi connectivity index (χ4n) is 3.66. The molecule has 1 unspecified atom stereocenters. The van der Waals surface area contributed by atoms with E-state index in [-0.39, 0.29) is 23.7 Å². The number of rotatable bonds is 7. The van der Waals surface area contributed by atoms with Gasteiger partial charge in [0.25, 0.3) is 0 Å². The molecule has 4 heteroatoms. The van der Waals surface area contributed by atoms with E-state index in [9.17, 15) is 9.18 Å². The molecule has 0 heterocycles. The van der Waals surface area contributed by atoms with Crippen LogP contribution in [0.25, 0.3) is 0 Å². The Labute approximate surface area is 145 Å². The van der Waals surface area contributed by atoms with E-state index in [0.29, 0.717) is 18.6 Å². The van der Waals surface area contributed by atoms with Crippen molar-refractivity contribution in [1.82, 2.24) is 10.2 Å². The average molecular weight is 334 g/mol. The highest BCUT2D eigenvalue weighted by Gasteiger charge is 2.27. The van der Waals surface area contributed by atoms with Crippen LogP contribution in [-0.2, 0) is 4.79 Å². The second-order valence-corrected chi connectivity index (χ2v) is 7.55. The van der Waals surface area contributed by atoms with Crippen molar-refractivity contribution >= 4 is 5.91 Å². The Morgan fingerprint density at radius 2 is 1.75 bits per heavy atom. The normalized spacial score (nSPS) is 17.0. The molecule has 134 valence electrons. The summed E-state index contributed by atoms with van der Waals surface area (Å²) >= 11 is 0. The molecular formula is C20H31FN2O. The van der Waals surface area contributed by atoms with E-state index in [1.165, 1.54) is 37.8 Å². The quantitative estimate of drug-likeness (QED) is 0.806. The topological polar surface area (TPSA) is 32.3 Å². The highest BCUT2D eigenvalue weighted by Crippen LogP contribution is 2.26. The molecule has 24 heavy (non-hydrogen) atoms. The number of hydrogen-bond donors (Lipinski definition) is 1. The van der Waals surface area contributed by atoms with E-state index in [1.54, 1.807) is 12.1 Å². The van der Waals surface area contributed by atoms with E-state index in [1.807, 2.05) is 0 Å². The molecule has 0 aromatic heterocycles. The maximum absolute atomic E-state index is 13.2. The molecule has 2 rings (SSSR count). The van der Waals surface area contributed by atoms with Crippen molar-refractivity contribution < 1.29 is 9.18 Å². The van der Waals surface area contributed by atoms with E-state index in [4.69, 9.17) is 0 Å². The number of nitrogens with one attached hydrogen (secondary N) is 1. The second-order valence-electron chi connectivity index (χ2n) is 7.55. The summed E-state index contributed by atoms with van der Waals surface area (Å²) in [7, 11) is 0. The van der Waals surface area contributed by atoms with Crippen LogP contribution in [0.4, 0.5) is 4.39 Å². The van der Waals surface area contributed by atoms with Gasteiger partial charge >= 0.3 is 0 Å². The zero-order valence-corrected chi connectivity index (χ0v) is 15.4. The molecule has 1 N–H and O–H groups in total. The number of amides is 1. The molecule has 1 saturated carbocycles. The Balaban J connectivity index is 2.02. The first-order valence-corrected chi connectivity index (χ1v) is 9.19. The Morgan fingerprint density at radius 3 is 2.25 bits per heavy atom. The Morgan fingerprint density at radius 1 is 1.17 bits per heavy atom. The van der Waals surface area contributed by atoms with Crippen LogP contribution in [0.1, 0.15) is 65.0 Å². The van der Waals surface area contributed by atoms with Crippen LogP contribution in [-0.4, -0.2) is 29.4 Å². The molecule has 0 radical (unpaired) electrons. The smallest absolute Gasteiger partial charge is 0.234 e. The summed E-state index contributed by atoms with van der Waals surface area (Å²) < 4.78 is 13.2. The van der Waals surface area contributed by atoms with Crippen LogP contribution in [0.3, 0.4) is 0 Å². The van der Waals surface area contributed by atoms with Gasteiger partial charge in [0, 0.05) is 12.1 Å². The summed E-state index contributed by atoms with van der Waals surface area (Å²) in [4.78, 5) is 15.0. The van der Waals surface area contributed by atoms with Crippen molar-refractivity contribution in [2.45, 2.75) is 71.5 Å². The van der Waals surface area contributed by atoms with Gasteiger partial charge in [-0.15, -0.1) is 0 Å². The van der Waals surface area contributed by atoms with Crippen LogP contribution in [0, 0.1) is 11.7 Å². The van der Waals surface area contributed by atoms with Crippen molar-refractivity contribution in [3.8, 4) is 0 Å². The predicted octanol–water partition coefficient (Wildman–Crippen LogP) is 4.29. The van der Waals surface area contributed by atoms with Gasteiger partial charge in [0.05, 0.1) is 12.6 Å². The molecule has 1 atom stereocenters. The minimum Gasteiger partial charge on any atom is -0.348 e. The third-order valence-electron chi connectivity index (χ3n) is 5.00. The lowest BCUT2D eigenvalue weighted by molar-refractivity contribution is -0.124. The minimum absolute atomic E-state index is 0.0543. The number of hydrogen-bond acceptors (Lipinski definition) is 2. The molecule has 3 nitrogen and oxygen atoms in total. The Hall–Kier alpha value is -1.42. The fraction of sp³-hybridized carbons (Fsp3) is 0.650. The minimum atomic E-state index is -0.250. The fourth-order valence-corrected chi connectivity index (χ4v) is 3.66. The van der Waals surface area contributed by atoms with Crippen LogP contribution in [0.5, 0.6) is 0 Å². The maximum atomic E-state index is 13.2. The van der Waals surface area contributed by atoms with Gasteiger partial charge in [-0.3, -0.25) is 9.69 Å². The first-order chi connectivity index (χ1) is 11.4. The largest absolute Gasteiger partial charge is 0.348 e. The number of halogens is 1. The molecule has 1 aliphatic rings. The Bertz CT molecular complexity index is 521. The van der Waals surface area contributed by atoms with E-state index in [0.717, 1.165) is 5.56 Å². The van der Waals surface area contributed by atoms with Gasteiger partial charge in [0.15, 0.2) is 0 Å². The van der Waals surface area contributed by atoms with Crippen molar-refractivity contribution in [3.05, 3.63) is 35.6 Å². The Kier molecular flexibility index (Phi) is 6.79. The third kappa shape index (κ3) is 5.04. The van der Waals surface area contributed by atoms with E-state index >= 15 is 0 Å². The maximum Gasteiger partial charge on any atom is 0.234 e. The average Bonchev–Trinajstić information content (AvgIpc) is 3.05. The number of benzene rings is 1. The molecule has 0 spiro atoms. The summed E-state index contributed by atoms with van der Waals surface area (Å²) in [5.74, 6) is 0.0526. The molecule has 0 aliphatic heterocycles. The van der Waals surface area contributed by atoms with Gasteiger partial charge in [-0.25, -0.2) is 4.39 Å². The molecule has 0 saturated heterocycles. The predicted molar refractivity (Wildman–Crippen MR) is 96.2 cm³/mol. The first kappa shape index (κ1) is 18.9. The van der Waals surface area contributed by atoms with E-state index < -0.39 is 0 Å². The highest BCUT2D eigenvalue weighted by atomic mass is 19.1. The summed E-state index contributed by atoms with van der Waals surface area (Å²) in [5, 5.41) is 3.16. The van der Waals surface area contributed by atoms with Gasteiger partial charge in [0.2, 0.25) is 5.91 Å². The van der Waals surface area contributed by atoms with Crippen LogP contribution < -0.4 is 5.32 Å². The standard InChI is InChI=1S/C20H31FN2O/c1-14(2)20(16-9-11-17(21)12-10-16)22-19(24)13-23(15(3)4)18-7-5-6-8-18/h9-12,14-15,18,20H,5-8,13H2,1-4H3,(H,22,24). The first-order valence-electron chi connectivity index (χ1n) is 9.19. The van der Waals surface area contributed by atoms with Gasteiger partial charge in [0.1, 0.15) is 5.82 Å². The van der Waals surface area contributed by atoms with Gasteiger partial charge in [-0.2, -0.15) is 0 Å². The SMILES string of the molecule is CC(C)C(NC(=O)CN(C(C)C)C1CCCC1)c1ccc(F)cc1. The summed E-state index contributed by atoms with van der Waals surface area (Å²) in [6.45, 7) is 8.90. The molecule has 0 bridgehead atoms. The number of carbonyl (C=O) groups is 1. The van der Waals surface area contributed by atoms with Crippen molar-refractivity contribution in [3.63, 3.8) is 0 Å². The molecule has 1 aromatic rings. The van der Waals surface area contributed by atoms with Crippen LogP contribution in [0.2, 0.25) is 0 Å². The number of nitrogens with zero attached hydrogens (tertiary/aromatic N) is 1. The van der Waals surface area contributed by atoms with Crippen LogP contribution in [0.15, 0.2) is 24.3 Å². The zero-order chi connectivity index (χ0) is 17.7. The summed E-state index contributed by atoms with van der Waals surface area (Å²) in [5.41, 5.74) is 0.955.